The van der Waals surface area contributed by atoms with Gasteiger partial charge in [-0.25, -0.2) is 0 Å². The van der Waals surface area contributed by atoms with Gasteiger partial charge in [0.15, 0.2) is 11.9 Å². The van der Waals surface area contributed by atoms with Gasteiger partial charge in [-0.3, -0.25) is 0 Å². The normalized spacial score (nSPS) is 11.9. The van der Waals surface area contributed by atoms with Crippen molar-refractivity contribution in [2.75, 3.05) is 0 Å². The maximum atomic E-state index is 9.15. The highest BCUT2D eigenvalue weighted by Crippen LogP contribution is 2.27. The Balaban J connectivity index is 2.99. The molecule has 0 spiro atoms. The minimum absolute atomic E-state index is 0.718. The molecule has 84 valence electrons. The Hall–Kier alpha value is -1.06. The van der Waals surface area contributed by atoms with Crippen molar-refractivity contribution >= 4 is 0 Å². The van der Waals surface area contributed by atoms with Gasteiger partial charge >= 0.3 is 0 Å². The number of para-hydroxylation sites is 1. The molecule has 0 aliphatic carbocycles. The van der Waals surface area contributed by atoms with Gasteiger partial charge in [-0.05, 0) is 38.8 Å². The zero-order valence-electron chi connectivity index (χ0n) is 9.61. The van der Waals surface area contributed by atoms with Crippen LogP contribution in [-0.4, -0.2) is 22.1 Å². The summed E-state index contributed by atoms with van der Waals surface area (Å²) < 4.78 is 5.62. The summed E-state index contributed by atoms with van der Waals surface area (Å²) in [4.78, 5) is 0. The van der Waals surface area contributed by atoms with Crippen LogP contribution in [0.15, 0.2) is 18.2 Å². The Bertz CT molecular complexity index is 322. The van der Waals surface area contributed by atoms with Crippen LogP contribution in [-0.2, 0) is 0 Å². The van der Waals surface area contributed by atoms with Crippen LogP contribution in [0.5, 0.6) is 5.75 Å². The van der Waals surface area contributed by atoms with Crippen molar-refractivity contribution in [2.24, 2.45) is 0 Å². The van der Waals surface area contributed by atoms with E-state index in [0.717, 1.165) is 16.9 Å². The molecule has 0 saturated heterocycles. The largest absolute Gasteiger partial charge is 0.482 e. The predicted molar refractivity (Wildman–Crippen MR) is 58.8 cm³/mol. The molecule has 3 heteroatoms. The first kappa shape index (κ1) is 12.0. The second-order valence-corrected chi connectivity index (χ2v) is 4.30. The SMILES string of the molecule is Cc1cccc(C)c1OC(C)(C)C(O)O. The highest BCUT2D eigenvalue weighted by Gasteiger charge is 2.29. The summed E-state index contributed by atoms with van der Waals surface area (Å²) >= 11 is 0. The van der Waals surface area contributed by atoms with Gasteiger partial charge in [-0.1, -0.05) is 18.2 Å². The molecule has 0 bridgehead atoms. The number of benzene rings is 1. The molecular formula is C12H18O3. The van der Waals surface area contributed by atoms with E-state index in [0.29, 0.717) is 0 Å². The molecule has 0 unspecified atom stereocenters. The molecule has 0 heterocycles. The summed E-state index contributed by atoms with van der Waals surface area (Å²) in [5.41, 5.74) is 0.976. The fourth-order valence-electron chi connectivity index (χ4n) is 1.28. The van der Waals surface area contributed by atoms with Gasteiger partial charge in [0.25, 0.3) is 0 Å². The maximum absolute atomic E-state index is 9.15. The lowest BCUT2D eigenvalue weighted by molar-refractivity contribution is -0.154. The van der Waals surface area contributed by atoms with Crippen molar-refractivity contribution in [3.63, 3.8) is 0 Å². The molecule has 1 rings (SSSR count). The lowest BCUT2D eigenvalue weighted by Crippen LogP contribution is -2.42. The molecule has 1 aromatic carbocycles. The van der Waals surface area contributed by atoms with Crippen LogP contribution in [0, 0.1) is 13.8 Å². The number of hydrogen-bond donors (Lipinski definition) is 2. The van der Waals surface area contributed by atoms with Crippen LogP contribution in [0.2, 0.25) is 0 Å². The average Bonchev–Trinajstić information content (AvgIpc) is 2.11. The van der Waals surface area contributed by atoms with Gasteiger partial charge < -0.3 is 14.9 Å². The fraction of sp³-hybridized carbons (Fsp3) is 0.500. The summed E-state index contributed by atoms with van der Waals surface area (Å²) in [6.07, 6.45) is -1.50. The van der Waals surface area contributed by atoms with Crippen LogP contribution in [0.4, 0.5) is 0 Å². The second-order valence-electron chi connectivity index (χ2n) is 4.30. The zero-order chi connectivity index (χ0) is 11.6. The summed E-state index contributed by atoms with van der Waals surface area (Å²) in [7, 11) is 0. The van der Waals surface area contributed by atoms with E-state index >= 15 is 0 Å². The third-order valence-electron chi connectivity index (χ3n) is 2.40. The molecule has 0 fully saturated rings. The first-order valence-corrected chi connectivity index (χ1v) is 4.96. The first-order chi connectivity index (χ1) is 6.84. The highest BCUT2D eigenvalue weighted by atomic mass is 16.6. The summed E-state index contributed by atoms with van der Waals surface area (Å²) in [5.74, 6) is 0.718. The van der Waals surface area contributed by atoms with E-state index in [2.05, 4.69) is 0 Å². The number of ether oxygens (including phenoxy) is 1. The molecule has 15 heavy (non-hydrogen) atoms. The molecule has 0 saturated carbocycles. The smallest absolute Gasteiger partial charge is 0.192 e. The van der Waals surface area contributed by atoms with Crippen molar-refractivity contribution < 1.29 is 14.9 Å². The lowest BCUT2D eigenvalue weighted by atomic mass is 10.1. The van der Waals surface area contributed by atoms with Crippen LogP contribution in [0.3, 0.4) is 0 Å². The molecule has 0 radical (unpaired) electrons. The van der Waals surface area contributed by atoms with Gasteiger partial charge in [-0.15, -0.1) is 0 Å². The molecular weight excluding hydrogens is 192 g/mol. The molecule has 0 aliphatic heterocycles. The number of hydrogen-bond acceptors (Lipinski definition) is 3. The van der Waals surface area contributed by atoms with Gasteiger partial charge in [0, 0.05) is 0 Å². The Morgan fingerprint density at radius 2 is 1.60 bits per heavy atom. The molecule has 3 nitrogen and oxygen atoms in total. The number of aryl methyl sites for hydroxylation is 2. The Morgan fingerprint density at radius 1 is 1.13 bits per heavy atom. The standard InChI is InChI=1S/C12H18O3/c1-8-6-5-7-9(2)10(8)15-12(3,4)11(13)14/h5-7,11,13-14H,1-4H3. The molecule has 0 amide bonds. The summed E-state index contributed by atoms with van der Waals surface area (Å²) in [6, 6.07) is 5.81. The Kier molecular flexibility index (Phi) is 3.37. The van der Waals surface area contributed by atoms with Crippen LogP contribution in [0.25, 0.3) is 0 Å². The minimum Gasteiger partial charge on any atom is -0.482 e. The van der Waals surface area contributed by atoms with E-state index in [1.807, 2.05) is 32.0 Å². The first-order valence-electron chi connectivity index (χ1n) is 4.96. The van der Waals surface area contributed by atoms with Crippen molar-refractivity contribution in [3.05, 3.63) is 29.3 Å². The molecule has 0 aliphatic rings. The number of rotatable bonds is 3. The monoisotopic (exact) mass is 210 g/mol. The minimum atomic E-state index is -1.50. The number of aliphatic hydroxyl groups excluding tert-OH is 1. The van der Waals surface area contributed by atoms with Gasteiger partial charge in [0.2, 0.25) is 0 Å². The van der Waals surface area contributed by atoms with Crippen LogP contribution in [0.1, 0.15) is 25.0 Å². The molecule has 2 N–H and O–H groups in total. The van der Waals surface area contributed by atoms with Crippen molar-refractivity contribution in [1.29, 1.82) is 0 Å². The second kappa shape index (κ2) is 4.21. The third kappa shape index (κ3) is 2.70. The average molecular weight is 210 g/mol. The molecule has 0 aromatic heterocycles. The number of aliphatic hydroxyl groups is 2. The quantitative estimate of drug-likeness (QED) is 0.747. The highest BCUT2D eigenvalue weighted by molar-refractivity contribution is 5.40. The van der Waals surface area contributed by atoms with E-state index < -0.39 is 11.9 Å². The maximum Gasteiger partial charge on any atom is 0.192 e. The fourth-order valence-corrected chi connectivity index (χ4v) is 1.28. The van der Waals surface area contributed by atoms with E-state index in [9.17, 15) is 0 Å². The third-order valence-corrected chi connectivity index (χ3v) is 2.40. The molecule has 1 aromatic rings. The van der Waals surface area contributed by atoms with Gasteiger partial charge in [0.1, 0.15) is 5.75 Å². The Labute approximate surface area is 90.3 Å². The van der Waals surface area contributed by atoms with E-state index in [-0.39, 0.29) is 0 Å². The van der Waals surface area contributed by atoms with Gasteiger partial charge in [0.05, 0.1) is 0 Å². The lowest BCUT2D eigenvalue weighted by Gasteiger charge is -2.29. The summed E-state index contributed by atoms with van der Waals surface area (Å²) in [6.45, 7) is 7.15. The summed E-state index contributed by atoms with van der Waals surface area (Å²) in [5, 5.41) is 18.3. The predicted octanol–water partition coefficient (Wildman–Crippen LogP) is 1.77. The Morgan fingerprint density at radius 3 is 2.00 bits per heavy atom. The topological polar surface area (TPSA) is 49.7 Å². The van der Waals surface area contributed by atoms with E-state index in [4.69, 9.17) is 14.9 Å². The zero-order valence-corrected chi connectivity index (χ0v) is 9.61. The van der Waals surface area contributed by atoms with Crippen molar-refractivity contribution in [3.8, 4) is 5.75 Å². The van der Waals surface area contributed by atoms with Crippen molar-refractivity contribution in [2.45, 2.75) is 39.6 Å². The van der Waals surface area contributed by atoms with E-state index in [1.165, 1.54) is 0 Å². The van der Waals surface area contributed by atoms with Crippen LogP contribution < -0.4 is 4.74 Å². The van der Waals surface area contributed by atoms with Gasteiger partial charge in [-0.2, -0.15) is 0 Å². The van der Waals surface area contributed by atoms with Crippen molar-refractivity contribution in [1.82, 2.24) is 0 Å². The van der Waals surface area contributed by atoms with E-state index in [1.54, 1.807) is 13.8 Å². The van der Waals surface area contributed by atoms with Crippen LogP contribution >= 0.6 is 0 Å². The molecule has 0 atom stereocenters.